The average molecular weight is 285 g/mol. The molecule has 110 valence electrons. The predicted molar refractivity (Wildman–Crippen MR) is 83.4 cm³/mol. The number of hydrogen-bond donors (Lipinski definition) is 2. The SMILES string of the molecule is COC(=O)c1cc(N)cnc1NCCc1ccccc1C. The van der Waals surface area contributed by atoms with E-state index < -0.39 is 5.97 Å². The standard InChI is InChI=1S/C16H19N3O2/c1-11-5-3-4-6-12(11)7-8-18-15-14(16(20)21-2)9-13(17)10-19-15/h3-6,9-10H,7-8,17H2,1-2H3,(H,18,19). The summed E-state index contributed by atoms with van der Waals surface area (Å²) in [5, 5.41) is 3.16. The summed E-state index contributed by atoms with van der Waals surface area (Å²) >= 11 is 0. The van der Waals surface area contributed by atoms with Crippen LogP contribution in [0.4, 0.5) is 11.5 Å². The maximum absolute atomic E-state index is 11.7. The summed E-state index contributed by atoms with van der Waals surface area (Å²) in [6.45, 7) is 2.75. The van der Waals surface area contributed by atoms with Crippen molar-refractivity contribution in [1.82, 2.24) is 4.98 Å². The van der Waals surface area contributed by atoms with E-state index in [2.05, 4.69) is 29.4 Å². The quantitative estimate of drug-likeness (QED) is 0.825. The van der Waals surface area contributed by atoms with Crippen molar-refractivity contribution in [3.05, 3.63) is 53.2 Å². The molecule has 0 saturated carbocycles. The van der Waals surface area contributed by atoms with E-state index in [0.717, 1.165) is 6.42 Å². The number of nitrogens with two attached hydrogens (primary N) is 1. The van der Waals surface area contributed by atoms with Crippen LogP contribution in [0.25, 0.3) is 0 Å². The molecule has 5 nitrogen and oxygen atoms in total. The van der Waals surface area contributed by atoms with E-state index in [9.17, 15) is 4.79 Å². The molecular formula is C16H19N3O2. The fourth-order valence-electron chi connectivity index (χ4n) is 2.09. The van der Waals surface area contributed by atoms with Gasteiger partial charge >= 0.3 is 5.97 Å². The number of hydrogen-bond acceptors (Lipinski definition) is 5. The molecule has 2 rings (SSSR count). The van der Waals surface area contributed by atoms with Gasteiger partial charge in [0.05, 0.1) is 19.0 Å². The molecule has 0 unspecified atom stereocenters. The molecule has 1 heterocycles. The molecule has 0 bridgehead atoms. The van der Waals surface area contributed by atoms with Gasteiger partial charge in [0, 0.05) is 6.54 Å². The Balaban J connectivity index is 2.07. The van der Waals surface area contributed by atoms with Crippen molar-refractivity contribution in [2.75, 3.05) is 24.7 Å². The second-order valence-electron chi connectivity index (χ2n) is 4.76. The van der Waals surface area contributed by atoms with Gasteiger partial charge in [-0.3, -0.25) is 0 Å². The van der Waals surface area contributed by atoms with Crippen molar-refractivity contribution in [2.24, 2.45) is 0 Å². The smallest absolute Gasteiger partial charge is 0.341 e. The van der Waals surface area contributed by atoms with Crippen molar-refractivity contribution >= 4 is 17.5 Å². The fourth-order valence-corrected chi connectivity index (χ4v) is 2.09. The largest absolute Gasteiger partial charge is 0.465 e. The van der Waals surface area contributed by atoms with Crippen LogP contribution in [-0.4, -0.2) is 24.6 Å². The molecule has 0 saturated heterocycles. The first kappa shape index (κ1) is 14.8. The third-order valence-electron chi connectivity index (χ3n) is 3.26. The maximum Gasteiger partial charge on any atom is 0.341 e. The molecule has 0 radical (unpaired) electrons. The predicted octanol–water partition coefficient (Wildman–Crippen LogP) is 2.41. The van der Waals surface area contributed by atoms with Crippen LogP contribution in [-0.2, 0) is 11.2 Å². The van der Waals surface area contributed by atoms with Crippen molar-refractivity contribution < 1.29 is 9.53 Å². The molecule has 3 N–H and O–H groups in total. The number of carbonyl (C=O) groups excluding carboxylic acids is 1. The number of nitrogens with one attached hydrogen (secondary N) is 1. The van der Waals surface area contributed by atoms with Crippen molar-refractivity contribution in [3.63, 3.8) is 0 Å². The van der Waals surface area contributed by atoms with Crippen LogP contribution >= 0.6 is 0 Å². The third kappa shape index (κ3) is 3.72. The van der Waals surface area contributed by atoms with Gasteiger partial charge in [-0.15, -0.1) is 0 Å². The minimum absolute atomic E-state index is 0.349. The molecule has 0 aliphatic carbocycles. The summed E-state index contributed by atoms with van der Waals surface area (Å²) in [5.74, 6) is 0.0397. The Morgan fingerprint density at radius 2 is 2.14 bits per heavy atom. The number of methoxy groups -OCH3 is 1. The van der Waals surface area contributed by atoms with E-state index in [1.54, 1.807) is 6.07 Å². The number of anilines is 2. The Bertz CT molecular complexity index is 641. The summed E-state index contributed by atoms with van der Waals surface area (Å²) in [5.41, 5.74) is 8.95. The number of esters is 1. The first-order valence-electron chi connectivity index (χ1n) is 6.74. The summed E-state index contributed by atoms with van der Waals surface area (Å²) in [4.78, 5) is 15.9. The number of rotatable bonds is 5. The number of nitrogens with zero attached hydrogens (tertiary/aromatic N) is 1. The van der Waals surface area contributed by atoms with Crippen LogP contribution in [0.1, 0.15) is 21.5 Å². The van der Waals surface area contributed by atoms with Crippen molar-refractivity contribution in [3.8, 4) is 0 Å². The Morgan fingerprint density at radius 1 is 1.38 bits per heavy atom. The third-order valence-corrected chi connectivity index (χ3v) is 3.26. The lowest BCUT2D eigenvalue weighted by molar-refractivity contribution is 0.0601. The number of aryl methyl sites for hydroxylation is 1. The van der Waals surface area contributed by atoms with Gasteiger partial charge in [0.15, 0.2) is 0 Å². The fraction of sp³-hybridized carbons (Fsp3) is 0.250. The van der Waals surface area contributed by atoms with Crippen LogP contribution in [0.3, 0.4) is 0 Å². The number of benzene rings is 1. The summed E-state index contributed by atoms with van der Waals surface area (Å²) in [6.07, 6.45) is 2.36. The van der Waals surface area contributed by atoms with Gasteiger partial charge in [0.1, 0.15) is 11.4 Å². The van der Waals surface area contributed by atoms with E-state index in [0.29, 0.717) is 23.6 Å². The minimum Gasteiger partial charge on any atom is -0.465 e. The van der Waals surface area contributed by atoms with Crippen molar-refractivity contribution in [2.45, 2.75) is 13.3 Å². The summed E-state index contributed by atoms with van der Waals surface area (Å²) in [7, 11) is 1.34. The Hall–Kier alpha value is -2.56. The highest BCUT2D eigenvalue weighted by Crippen LogP contribution is 2.17. The molecule has 1 aromatic heterocycles. The number of aromatic nitrogens is 1. The van der Waals surface area contributed by atoms with Gasteiger partial charge in [0.2, 0.25) is 0 Å². The minimum atomic E-state index is -0.451. The highest BCUT2D eigenvalue weighted by molar-refractivity contribution is 5.95. The Morgan fingerprint density at radius 3 is 2.86 bits per heavy atom. The van der Waals surface area contributed by atoms with E-state index in [1.807, 2.05) is 12.1 Å². The van der Waals surface area contributed by atoms with Gasteiger partial charge in [-0.05, 0) is 30.5 Å². The van der Waals surface area contributed by atoms with Gasteiger partial charge in [-0.25, -0.2) is 9.78 Å². The molecular weight excluding hydrogens is 266 g/mol. The molecule has 0 aliphatic rings. The van der Waals surface area contributed by atoms with E-state index in [-0.39, 0.29) is 0 Å². The van der Waals surface area contributed by atoms with Gasteiger partial charge in [0.25, 0.3) is 0 Å². The highest BCUT2D eigenvalue weighted by Gasteiger charge is 2.13. The van der Waals surface area contributed by atoms with Crippen LogP contribution in [0, 0.1) is 6.92 Å². The number of pyridine rings is 1. The normalized spacial score (nSPS) is 10.2. The first-order valence-corrected chi connectivity index (χ1v) is 6.74. The Kier molecular flexibility index (Phi) is 4.77. The van der Waals surface area contributed by atoms with Gasteiger partial charge < -0.3 is 15.8 Å². The topological polar surface area (TPSA) is 77.2 Å². The van der Waals surface area contributed by atoms with E-state index in [1.165, 1.54) is 24.4 Å². The molecule has 0 fully saturated rings. The van der Waals surface area contributed by atoms with Crippen molar-refractivity contribution in [1.29, 1.82) is 0 Å². The molecule has 0 spiro atoms. The van der Waals surface area contributed by atoms with Crippen LogP contribution in [0.2, 0.25) is 0 Å². The zero-order valence-corrected chi connectivity index (χ0v) is 12.2. The Labute approximate surface area is 124 Å². The first-order chi connectivity index (χ1) is 10.1. The second-order valence-corrected chi connectivity index (χ2v) is 4.76. The van der Waals surface area contributed by atoms with Gasteiger partial charge in [-0.2, -0.15) is 0 Å². The average Bonchev–Trinajstić information content (AvgIpc) is 2.49. The molecule has 1 aromatic carbocycles. The van der Waals surface area contributed by atoms with E-state index >= 15 is 0 Å². The molecule has 0 aliphatic heterocycles. The summed E-state index contributed by atoms with van der Waals surface area (Å²) in [6, 6.07) is 9.77. The molecule has 0 amide bonds. The monoisotopic (exact) mass is 285 g/mol. The molecule has 0 atom stereocenters. The number of carbonyl (C=O) groups is 1. The van der Waals surface area contributed by atoms with Gasteiger partial charge in [-0.1, -0.05) is 24.3 Å². The van der Waals surface area contributed by atoms with E-state index in [4.69, 9.17) is 10.5 Å². The lowest BCUT2D eigenvalue weighted by Crippen LogP contribution is -2.13. The van der Waals surface area contributed by atoms with Crippen LogP contribution in [0.15, 0.2) is 36.5 Å². The van der Waals surface area contributed by atoms with Crippen LogP contribution in [0.5, 0.6) is 0 Å². The highest BCUT2D eigenvalue weighted by atomic mass is 16.5. The summed E-state index contributed by atoms with van der Waals surface area (Å²) < 4.78 is 4.74. The lowest BCUT2D eigenvalue weighted by atomic mass is 10.1. The maximum atomic E-state index is 11.7. The molecule has 21 heavy (non-hydrogen) atoms. The zero-order chi connectivity index (χ0) is 15.2. The lowest BCUT2D eigenvalue weighted by Gasteiger charge is -2.11. The number of ether oxygens (including phenoxy) is 1. The van der Waals surface area contributed by atoms with Crippen LogP contribution < -0.4 is 11.1 Å². The zero-order valence-electron chi connectivity index (χ0n) is 12.2. The second kappa shape index (κ2) is 6.74. The molecule has 2 aromatic rings. The number of nitrogen functional groups attached to an aromatic ring is 1. The molecule has 5 heteroatoms.